The van der Waals surface area contributed by atoms with E-state index in [1.54, 1.807) is 6.92 Å². The Kier molecular flexibility index (Phi) is 5.03. The molecule has 1 aliphatic carbocycles. The van der Waals surface area contributed by atoms with Gasteiger partial charge in [-0.05, 0) is 42.7 Å². The molecule has 1 saturated carbocycles. The number of para-hydroxylation sites is 1. The maximum Gasteiger partial charge on any atom is 0.219 e. The van der Waals surface area contributed by atoms with E-state index in [1.807, 2.05) is 7.11 Å². The molecule has 2 heterocycles. The van der Waals surface area contributed by atoms with Crippen LogP contribution in [0.4, 0.5) is 0 Å². The highest BCUT2D eigenvalue weighted by Crippen LogP contribution is 2.40. The lowest BCUT2D eigenvalue weighted by Crippen LogP contribution is -2.39. The summed E-state index contributed by atoms with van der Waals surface area (Å²) in [7, 11) is 1.84. The van der Waals surface area contributed by atoms with Crippen LogP contribution in [-0.2, 0) is 16.0 Å². The van der Waals surface area contributed by atoms with Gasteiger partial charge in [-0.2, -0.15) is 0 Å². The van der Waals surface area contributed by atoms with E-state index in [0.29, 0.717) is 11.8 Å². The van der Waals surface area contributed by atoms with Crippen LogP contribution in [0.3, 0.4) is 0 Å². The first-order chi connectivity index (χ1) is 12.7. The van der Waals surface area contributed by atoms with Gasteiger partial charge in [-0.1, -0.05) is 37.5 Å². The van der Waals surface area contributed by atoms with E-state index >= 15 is 0 Å². The van der Waals surface area contributed by atoms with Gasteiger partial charge in [0.2, 0.25) is 5.91 Å². The molecule has 1 aromatic heterocycles. The maximum absolute atomic E-state index is 12.3. The summed E-state index contributed by atoms with van der Waals surface area (Å²) in [6, 6.07) is 8.49. The number of carbonyl (C=O) groups excluding carboxylic acids is 1. The van der Waals surface area contributed by atoms with Crippen molar-refractivity contribution in [1.29, 1.82) is 0 Å². The molecule has 4 rings (SSSR count). The Labute approximate surface area is 155 Å². The van der Waals surface area contributed by atoms with Crippen LogP contribution in [0.1, 0.15) is 56.4 Å². The molecule has 3 unspecified atom stereocenters. The topological polar surface area (TPSA) is 45.3 Å². The van der Waals surface area contributed by atoms with Crippen molar-refractivity contribution in [2.45, 2.75) is 51.6 Å². The minimum Gasteiger partial charge on any atom is -0.375 e. The Morgan fingerprint density at radius 3 is 2.73 bits per heavy atom. The summed E-state index contributed by atoms with van der Waals surface area (Å²) in [5, 5.41) is 1.27. The van der Waals surface area contributed by atoms with Gasteiger partial charge in [-0.3, -0.25) is 4.79 Å². The number of nitrogens with zero attached hydrogens (tertiary/aromatic N) is 1. The molecule has 3 atom stereocenters. The van der Waals surface area contributed by atoms with E-state index in [0.717, 1.165) is 25.9 Å². The summed E-state index contributed by atoms with van der Waals surface area (Å²) >= 11 is 0. The standard InChI is InChI=1S/C22H30N2O2/c1-15(25)24-12-11-19-18-9-5-6-10-20(18)23-22(19)21(26-2)13-16-7-3-4-8-17(16)14-24/h5-6,9-10,16-17,21,23H,3-4,7-8,11-14H2,1-2H3. The molecule has 1 N–H and O–H groups in total. The number of rotatable bonds is 1. The number of methoxy groups -OCH3 is 1. The van der Waals surface area contributed by atoms with Gasteiger partial charge >= 0.3 is 0 Å². The number of fused-ring (bicyclic) bond motifs is 4. The van der Waals surface area contributed by atoms with Crippen LogP contribution < -0.4 is 0 Å². The zero-order chi connectivity index (χ0) is 18.1. The third-order valence-corrected chi connectivity index (χ3v) is 6.57. The van der Waals surface area contributed by atoms with E-state index in [2.05, 4.69) is 34.1 Å². The fraction of sp³-hybridized carbons (Fsp3) is 0.591. The second-order valence-corrected chi connectivity index (χ2v) is 8.04. The number of aromatic amines is 1. The number of hydrogen-bond acceptors (Lipinski definition) is 2. The molecule has 0 saturated heterocycles. The normalized spacial score (nSPS) is 27.0. The van der Waals surface area contributed by atoms with Gasteiger partial charge in [0.05, 0.1) is 6.10 Å². The second kappa shape index (κ2) is 7.43. The Balaban J connectivity index is 1.77. The van der Waals surface area contributed by atoms with E-state index in [1.165, 1.54) is 47.8 Å². The van der Waals surface area contributed by atoms with Gasteiger partial charge in [0.15, 0.2) is 0 Å². The quantitative estimate of drug-likeness (QED) is 0.822. The number of benzene rings is 1. The molecule has 1 aromatic carbocycles. The molecule has 2 aliphatic rings. The van der Waals surface area contributed by atoms with E-state index in [-0.39, 0.29) is 12.0 Å². The number of hydrogen-bond donors (Lipinski definition) is 1. The van der Waals surface area contributed by atoms with Crippen molar-refractivity contribution >= 4 is 16.8 Å². The third kappa shape index (κ3) is 3.27. The van der Waals surface area contributed by atoms with Crippen LogP contribution in [0, 0.1) is 11.8 Å². The minimum absolute atomic E-state index is 0.117. The number of ether oxygens (including phenoxy) is 1. The van der Waals surface area contributed by atoms with Crippen molar-refractivity contribution in [2.75, 3.05) is 20.2 Å². The molecule has 0 spiro atoms. The summed E-state index contributed by atoms with van der Waals surface area (Å²) < 4.78 is 5.99. The summed E-state index contributed by atoms with van der Waals surface area (Å²) in [5.74, 6) is 1.45. The van der Waals surface area contributed by atoms with Gasteiger partial charge in [0.1, 0.15) is 0 Å². The van der Waals surface area contributed by atoms with E-state index in [9.17, 15) is 4.79 Å². The zero-order valence-corrected chi connectivity index (χ0v) is 16.0. The average Bonchev–Trinajstić information content (AvgIpc) is 3.02. The summed E-state index contributed by atoms with van der Waals surface area (Å²) in [6.07, 6.45) is 7.14. The molecule has 4 heteroatoms. The molecule has 0 bridgehead atoms. The Hall–Kier alpha value is -1.81. The molecule has 0 radical (unpaired) electrons. The van der Waals surface area contributed by atoms with Crippen molar-refractivity contribution in [3.63, 3.8) is 0 Å². The largest absolute Gasteiger partial charge is 0.375 e. The average molecular weight is 354 g/mol. The highest BCUT2D eigenvalue weighted by Gasteiger charge is 2.33. The first-order valence-electron chi connectivity index (χ1n) is 10.0. The highest BCUT2D eigenvalue weighted by molar-refractivity contribution is 5.85. The second-order valence-electron chi connectivity index (χ2n) is 8.04. The molecule has 140 valence electrons. The van der Waals surface area contributed by atoms with Gasteiger partial charge in [-0.15, -0.1) is 0 Å². The first-order valence-corrected chi connectivity index (χ1v) is 10.0. The summed E-state index contributed by atoms with van der Waals surface area (Å²) in [6.45, 7) is 3.43. The predicted molar refractivity (Wildman–Crippen MR) is 104 cm³/mol. The van der Waals surface area contributed by atoms with E-state index in [4.69, 9.17) is 4.74 Å². The van der Waals surface area contributed by atoms with Crippen LogP contribution in [0.2, 0.25) is 0 Å². The Morgan fingerprint density at radius 1 is 1.19 bits per heavy atom. The smallest absolute Gasteiger partial charge is 0.219 e. The summed E-state index contributed by atoms with van der Waals surface area (Å²) in [4.78, 5) is 18.0. The third-order valence-electron chi connectivity index (χ3n) is 6.57. The van der Waals surface area contributed by atoms with Gasteiger partial charge in [0, 0.05) is 43.7 Å². The van der Waals surface area contributed by atoms with Crippen LogP contribution in [0.15, 0.2) is 24.3 Å². The molecular formula is C22H30N2O2. The van der Waals surface area contributed by atoms with Crippen molar-refractivity contribution < 1.29 is 9.53 Å². The fourth-order valence-electron chi connectivity index (χ4n) is 5.11. The number of amides is 1. The van der Waals surface area contributed by atoms with Crippen molar-refractivity contribution in [3.8, 4) is 0 Å². The molecule has 26 heavy (non-hydrogen) atoms. The summed E-state index contributed by atoms with van der Waals surface area (Å²) in [5.41, 5.74) is 3.73. The van der Waals surface area contributed by atoms with Crippen LogP contribution in [0.5, 0.6) is 0 Å². The maximum atomic E-state index is 12.3. The predicted octanol–water partition coefficient (Wildman–Crippen LogP) is 4.46. The molecule has 4 nitrogen and oxygen atoms in total. The Morgan fingerprint density at radius 2 is 1.96 bits per heavy atom. The van der Waals surface area contributed by atoms with Crippen LogP contribution in [-0.4, -0.2) is 36.0 Å². The molecule has 1 aliphatic heterocycles. The fourth-order valence-corrected chi connectivity index (χ4v) is 5.11. The lowest BCUT2D eigenvalue weighted by Gasteiger charge is -2.38. The highest BCUT2D eigenvalue weighted by atomic mass is 16.5. The van der Waals surface area contributed by atoms with Gasteiger partial charge < -0.3 is 14.6 Å². The van der Waals surface area contributed by atoms with E-state index < -0.39 is 0 Å². The first kappa shape index (κ1) is 17.6. The van der Waals surface area contributed by atoms with Crippen molar-refractivity contribution in [1.82, 2.24) is 9.88 Å². The Bertz CT molecular complexity index is 782. The molecule has 2 aromatic rings. The number of H-pyrrole nitrogens is 1. The van der Waals surface area contributed by atoms with Crippen molar-refractivity contribution in [3.05, 3.63) is 35.5 Å². The number of nitrogens with one attached hydrogen (secondary N) is 1. The minimum atomic E-state index is 0.117. The zero-order valence-electron chi connectivity index (χ0n) is 16.0. The SMILES string of the molecule is COC1CC2CCCCC2CN(C(C)=O)CCc2c1[nH]c1ccccc21. The number of carbonyl (C=O) groups is 1. The molecular weight excluding hydrogens is 324 g/mol. The monoisotopic (exact) mass is 354 g/mol. The van der Waals surface area contributed by atoms with Crippen LogP contribution >= 0.6 is 0 Å². The molecule has 1 fully saturated rings. The van der Waals surface area contributed by atoms with Gasteiger partial charge in [-0.25, -0.2) is 0 Å². The number of aromatic nitrogens is 1. The van der Waals surface area contributed by atoms with Gasteiger partial charge in [0.25, 0.3) is 0 Å². The molecule has 1 amide bonds. The van der Waals surface area contributed by atoms with Crippen molar-refractivity contribution in [2.24, 2.45) is 11.8 Å². The lowest BCUT2D eigenvalue weighted by molar-refractivity contribution is -0.130. The lowest BCUT2D eigenvalue weighted by atomic mass is 9.75. The van der Waals surface area contributed by atoms with Crippen LogP contribution in [0.25, 0.3) is 10.9 Å².